The third-order valence-corrected chi connectivity index (χ3v) is 3.13. The van der Waals surface area contributed by atoms with Crippen LogP contribution < -0.4 is 5.32 Å². The van der Waals surface area contributed by atoms with Gasteiger partial charge < -0.3 is 10.4 Å². The highest BCUT2D eigenvalue weighted by molar-refractivity contribution is 9.10. The predicted molar refractivity (Wildman–Crippen MR) is 73.6 cm³/mol. The fourth-order valence-corrected chi connectivity index (χ4v) is 2.05. The summed E-state index contributed by atoms with van der Waals surface area (Å²) >= 11 is 3.36. The van der Waals surface area contributed by atoms with Crippen molar-refractivity contribution in [1.82, 2.24) is 5.32 Å². The molecule has 18 heavy (non-hydrogen) atoms. The number of rotatable bonds is 3. The van der Waals surface area contributed by atoms with Crippen molar-refractivity contribution >= 4 is 22.0 Å². The zero-order chi connectivity index (χ0) is 13.0. The van der Waals surface area contributed by atoms with Crippen LogP contribution in [-0.2, 0) is 0 Å². The summed E-state index contributed by atoms with van der Waals surface area (Å²) in [6.45, 7) is 0. The summed E-state index contributed by atoms with van der Waals surface area (Å²) in [6, 6.07) is 16.7. The van der Waals surface area contributed by atoms with Crippen LogP contribution in [0.25, 0.3) is 0 Å². The topological polar surface area (TPSA) is 49.3 Å². The zero-order valence-corrected chi connectivity index (χ0v) is 11.1. The predicted octanol–water partition coefficient (Wildman–Crippen LogP) is 3.81. The first-order valence-corrected chi connectivity index (χ1v) is 6.26. The summed E-state index contributed by atoms with van der Waals surface area (Å²) in [4.78, 5) is 10.9. The maximum absolute atomic E-state index is 10.9. The summed E-state index contributed by atoms with van der Waals surface area (Å²) in [5, 5.41) is 11.5. The minimum Gasteiger partial charge on any atom is -0.465 e. The van der Waals surface area contributed by atoms with E-state index >= 15 is 0 Å². The number of hydrogen-bond donors (Lipinski definition) is 2. The van der Waals surface area contributed by atoms with Gasteiger partial charge in [0, 0.05) is 4.47 Å². The largest absolute Gasteiger partial charge is 0.465 e. The molecule has 3 nitrogen and oxygen atoms in total. The van der Waals surface area contributed by atoms with E-state index in [1.54, 1.807) is 0 Å². The summed E-state index contributed by atoms with van der Waals surface area (Å²) < 4.78 is 0.966. The van der Waals surface area contributed by atoms with Gasteiger partial charge in [0.25, 0.3) is 0 Å². The van der Waals surface area contributed by atoms with Crippen LogP contribution in [0.4, 0.5) is 4.79 Å². The van der Waals surface area contributed by atoms with Gasteiger partial charge in [0.05, 0.1) is 6.04 Å². The molecular weight excluding hydrogens is 294 g/mol. The Morgan fingerprint density at radius 1 is 1.00 bits per heavy atom. The Bertz CT molecular complexity index is 525. The van der Waals surface area contributed by atoms with E-state index in [1.807, 2.05) is 54.6 Å². The van der Waals surface area contributed by atoms with Crippen LogP contribution in [0.3, 0.4) is 0 Å². The molecule has 0 bridgehead atoms. The SMILES string of the molecule is O=C(O)NC(c1ccccc1)c1ccc(Br)cc1. The Balaban J connectivity index is 2.36. The van der Waals surface area contributed by atoms with Crippen LogP contribution >= 0.6 is 15.9 Å². The van der Waals surface area contributed by atoms with Gasteiger partial charge in [-0.1, -0.05) is 58.4 Å². The smallest absolute Gasteiger partial charge is 0.405 e. The Labute approximate surface area is 114 Å². The van der Waals surface area contributed by atoms with Gasteiger partial charge in [-0.25, -0.2) is 4.79 Å². The average molecular weight is 306 g/mol. The third-order valence-electron chi connectivity index (χ3n) is 2.60. The first-order valence-electron chi connectivity index (χ1n) is 5.46. The van der Waals surface area contributed by atoms with Crippen molar-refractivity contribution in [2.24, 2.45) is 0 Å². The van der Waals surface area contributed by atoms with E-state index < -0.39 is 6.09 Å². The molecule has 0 aliphatic carbocycles. The molecule has 1 atom stereocenters. The fraction of sp³-hybridized carbons (Fsp3) is 0.0714. The average Bonchev–Trinajstić information content (AvgIpc) is 2.38. The Morgan fingerprint density at radius 3 is 2.11 bits per heavy atom. The second-order valence-electron chi connectivity index (χ2n) is 3.84. The molecule has 0 heterocycles. The zero-order valence-electron chi connectivity index (χ0n) is 9.51. The number of carbonyl (C=O) groups is 1. The third kappa shape index (κ3) is 3.11. The standard InChI is InChI=1S/C14H12BrNO2/c15-12-8-6-11(7-9-12)13(16-14(17)18)10-4-2-1-3-5-10/h1-9,13,16H,(H,17,18). The number of halogens is 1. The molecule has 1 unspecified atom stereocenters. The van der Waals surface area contributed by atoms with Crippen LogP contribution in [0.2, 0.25) is 0 Å². The summed E-state index contributed by atoms with van der Waals surface area (Å²) in [5.74, 6) is 0. The van der Waals surface area contributed by atoms with Crippen molar-refractivity contribution < 1.29 is 9.90 Å². The second kappa shape index (κ2) is 5.69. The summed E-state index contributed by atoms with van der Waals surface area (Å²) in [5.41, 5.74) is 1.83. The second-order valence-corrected chi connectivity index (χ2v) is 4.76. The quantitative estimate of drug-likeness (QED) is 0.906. The van der Waals surface area contributed by atoms with Gasteiger partial charge in [-0.05, 0) is 23.3 Å². The van der Waals surface area contributed by atoms with E-state index in [1.165, 1.54) is 0 Å². The molecule has 0 aromatic heterocycles. The van der Waals surface area contributed by atoms with E-state index in [9.17, 15) is 4.79 Å². The highest BCUT2D eigenvalue weighted by atomic mass is 79.9. The molecule has 0 fully saturated rings. The van der Waals surface area contributed by atoms with Gasteiger partial charge in [-0.15, -0.1) is 0 Å². The number of benzene rings is 2. The van der Waals surface area contributed by atoms with Gasteiger partial charge in [0.1, 0.15) is 0 Å². The van der Waals surface area contributed by atoms with Gasteiger partial charge in [-0.3, -0.25) is 0 Å². The molecule has 0 aliphatic rings. The van der Waals surface area contributed by atoms with E-state index in [-0.39, 0.29) is 6.04 Å². The van der Waals surface area contributed by atoms with E-state index in [2.05, 4.69) is 21.2 Å². The van der Waals surface area contributed by atoms with E-state index in [0.29, 0.717) is 0 Å². The first-order chi connectivity index (χ1) is 8.66. The van der Waals surface area contributed by atoms with E-state index in [0.717, 1.165) is 15.6 Å². The molecule has 0 saturated carbocycles. The normalized spacial score (nSPS) is 11.8. The first kappa shape index (κ1) is 12.6. The lowest BCUT2D eigenvalue weighted by Crippen LogP contribution is -2.27. The minimum atomic E-state index is -1.04. The lowest BCUT2D eigenvalue weighted by atomic mass is 9.99. The van der Waals surface area contributed by atoms with Crippen LogP contribution in [0, 0.1) is 0 Å². The van der Waals surface area contributed by atoms with Crippen LogP contribution in [0.15, 0.2) is 59.1 Å². The van der Waals surface area contributed by atoms with Gasteiger partial charge in [0.15, 0.2) is 0 Å². The number of nitrogens with one attached hydrogen (secondary N) is 1. The van der Waals surface area contributed by atoms with Crippen molar-refractivity contribution in [1.29, 1.82) is 0 Å². The molecule has 2 aromatic rings. The van der Waals surface area contributed by atoms with E-state index in [4.69, 9.17) is 5.11 Å². The highest BCUT2D eigenvalue weighted by Crippen LogP contribution is 2.23. The maximum atomic E-state index is 10.9. The lowest BCUT2D eigenvalue weighted by Gasteiger charge is -2.18. The fourth-order valence-electron chi connectivity index (χ4n) is 1.78. The van der Waals surface area contributed by atoms with Crippen molar-refractivity contribution in [2.75, 3.05) is 0 Å². The number of carboxylic acid groups (broad SMARTS) is 1. The molecule has 2 rings (SSSR count). The maximum Gasteiger partial charge on any atom is 0.405 e. The summed E-state index contributed by atoms with van der Waals surface area (Å²) in [6.07, 6.45) is -1.04. The highest BCUT2D eigenvalue weighted by Gasteiger charge is 2.15. The van der Waals surface area contributed by atoms with Crippen molar-refractivity contribution in [3.63, 3.8) is 0 Å². The number of hydrogen-bond acceptors (Lipinski definition) is 1. The molecule has 2 aromatic carbocycles. The van der Waals surface area contributed by atoms with Gasteiger partial charge in [0.2, 0.25) is 0 Å². The van der Waals surface area contributed by atoms with Crippen molar-refractivity contribution in [3.8, 4) is 0 Å². The molecule has 0 aliphatic heterocycles. The molecule has 0 saturated heterocycles. The Morgan fingerprint density at radius 2 is 1.56 bits per heavy atom. The molecule has 2 N–H and O–H groups in total. The minimum absolute atomic E-state index is 0.350. The van der Waals surface area contributed by atoms with Crippen LogP contribution in [-0.4, -0.2) is 11.2 Å². The molecule has 4 heteroatoms. The lowest BCUT2D eigenvalue weighted by molar-refractivity contribution is 0.191. The Kier molecular flexibility index (Phi) is 3.99. The Hall–Kier alpha value is -1.81. The summed E-state index contributed by atoms with van der Waals surface area (Å²) in [7, 11) is 0. The van der Waals surface area contributed by atoms with Gasteiger partial charge in [-0.2, -0.15) is 0 Å². The van der Waals surface area contributed by atoms with Crippen molar-refractivity contribution in [3.05, 3.63) is 70.2 Å². The molecule has 1 amide bonds. The molecule has 92 valence electrons. The van der Waals surface area contributed by atoms with Gasteiger partial charge >= 0.3 is 6.09 Å². The van der Waals surface area contributed by atoms with Crippen LogP contribution in [0.5, 0.6) is 0 Å². The number of amides is 1. The van der Waals surface area contributed by atoms with Crippen molar-refractivity contribution in [2.45, 2.75) is 6.04 Å². The molecule has 0 radical (unpaired) electrons. The monoisotopic (exact) mass is 305 g/mol. The van der Waals surface area contributed by atoms with Crippen LogP contribution in [0.1, 0.15) is 17.2 Å². The molecule has 0 spiro atoms. The molecular formula is C14H12BrNO2.